The van der Waals surface area contributed by atoms with E-state index in [0.29, 0.717) is 13.1 Å². The standard InChI is InChI=1S/C19H30N4O3/c1-20-18(26)23(17(25)19(20)7-3-2-4-8-19)14-16(24)22-11-9-21(10-12-22)13-15-5-6-15/h15H,2-14H2,1H3. The Balaban J connectivity index is 1.35. The summed E-state index contributed by atoms with van der Waals surface area (Å²) in [4.78, 5) is 45.4. The number of rotatable bonds is 4. The van der Waals surface area contributed by atoms with Gasteiger partial charge < -0.3 is 9.80 Å². The average molecular weight is 362 g/mol. The van der Waals surface area contributed by atoms with Crippen molar-refractivity contribution in [3.05, 3.63) is 0 Å². The fraction of sp³-hybridized carbons (Fsp3) is 0.842. The molecule has 4 amide bonds. The number of carbonyl (C=O) groups excluding carboxylic acids is 3. The molecule has 0 bridgehead atoms. The van der Waals surface area contributed by atoms with Gasteiger partial charge in [-0.05, 0) is 31.6 Å². The van der Waals surface area contributed by atoms with Gasteiger partial charge in [0, 0.05) is 39.8 Å². The highest BCUT2D eigenvalue weighted by atomic mass is 16.2. The Bertz CT molecular complexity index is 590. The van der Waals surface area contributed by atoms with E-state index in [1.165, 1.54) is 17.7 Å². The maximum absolute atomic E-state index is 13.0. The third-order valence-electron chi connectivity index (χ3n) is 6.72. The van der Waals surface area contributed by atoms with Gasteiger partial charge in [0.25, 0.3) is 5.91 Å². The lowest BCUT2D eigenvalue weighted by atomic mass is 9.81. The summed E-state index contributed by atoms with van der Waals surface area (Å²) in [5, 5.41) is 0. The Hall–Kier alpha value is -1.63. The molecule has 2 heterocycles. The molecule has 4 rings (SSSR count). The van der Waals surface area contributed by atoms with Crippen molar-refractivity contribution in [1.29, 1.82) is 0 Å². The van der Waals surface area contributed by atoms with E-state index in [1.807, 2.05) is 4.90 Å². The molecule has 0 aromatic carbocycles. The van der Waals surface area contributed by atoms with Gasteiger partial charge >= 0.3 is 6.03 Å². The number of piperazine rings is 1. The van der Waals surface area contributed by atoms with Gasteiger partial charge in [-0.2, -0.15) is 0 Å². The Morgan fingerprint density at radius 3 is 2.31 bits per heavy atom. The number of hydrogen-bond acceptors (Lipinski definition) is 4. The first-order chi connectivity index (χ1) is 12.5. The van der Waals surface area contributed by atoms with Gasteiger partial charge in [0.15, 0.2) is 0 Å². The predicted molar refractivity (Wildman–Crippen MR) is 96.4 cm³/mol. The van der Waals surface area contributed by atoms with Crippen LogP contribution in [0, 0.1) is 5.92 Å². The summed E-state index contributed by atoms with van der Waals surface area (Å²) in [6.45, 7) is 4.23. The summed E-state index contributed by atoms with van der Waals surface area (Å²) >= 11 is 0. The molecule has 2 aliphatic heterocycles. The summed E-state index contributed by atoms with van der Waals surface area (Å²) in [7, 11) is 1.71. The molecule has 7 heteroatoms. The monoisotopic (exact) mass is 362 g/mol. The van der Waals surface area contributed by atoms with Crippen molar-refractivity contribution in [1.82, 2.24) is 19.6 Å². The molecule has 0 N–H and O–H groups in total. The van der Waals surface area contributed by atoms with Crippen LogP contribution in [0.15, 0.2) is 0 Å². The van der Waals surface area contributed by atoms with Gasteiger partial charge in [-0.1, -0.05) is 19.3 Å². The van der Waals surface area contributed by atoms with Crippen molar-refractivity contribution in [3.63, 3.8) is 0 Å². The Morgan fingerprint density at radius 1 is 1.04 bits per heavy atom. The number of imide groups is 1. The highest BCUT2D eigenvalue weighted by Crippen LogP contribution is 2.39. The number of likely N-dealkylation sites (N-methyl/N-ethyl adjacent to an activating group) is 1. The van der Waals surface area contributed by atoms with E-state index in [0.717, 1.165) is 57.7 Å². The van der Waals surface area contributed by atoms with E-state index in [-0.39, 0.29) is 24.4 Å². The second-order valence-corrected chi connectivity index (χ2v) is 8.45. The van der Waals surface area contributed by atoms with E-state index >= 15 is 0 Å². The van der Waals surface area contributed by atoms with E-state index in [1.54, 1.807) is 11.9 Å². The minimum atomic E-state index is -0.696. The number of hydrogen-bond donors (Lipinski definition) is 0. The maximum Gasteiger partial charge on any atom is 0.327 e. The molecular formula is C19H30N4O3. The lowest BCUT2D eigenvalue weighted by Crippen LogP contribution is -2.52. The van der Waals surface area contributed by atoms with E-state index < -0.39 is 5.54 Å². The second kappa shape index (κ2) is 6.83. The molecule has 0 aromatic heterocycles. The summed E-state index contributed by atoms with van der Waals surface area (Å²) in [6, 6.07) is -0.308. The van der Waals surface area contributed by atoms with Crippen molar-refractivity contribution in [3.8, 4) is 0 Å². The largest absolute Gasteiger partial charge is 0.339 e. The van der Waals surface area contributed by atoms with Crippen molar-refractivity contribution in [2.45, 2.75) is 50.5 Å². The summed E-state index contributed by atoms with van der Waals surface area (Å²) in [5.74, 6) is 0.601. The fourth-order valence-electron chi connectivity index (χ4n) is 4.75. The molecule has 26 heavy (non-hydrogen) atoms. The average Bonchev–Trinajstić information content (AvgIpc) is 3.46. The van der Waals surface area contributed by atoms with Crippen LogP contribution >= 0.6 is 0 Å². The SMILES string of the molecule is CN1C(=O)N(CC(=O)N2CCN(CC3CC3)CC2)C(=O)C12CCCCC2. The molecule has 0 aromatic rings. The lowest BCUT2D eigenvalue weighted by Gasteiger charge is -2.36. The van der Waals surface area contributed by atoms with Crippen molar-refractivity contribution in [2.75, 3.05) is 46.3 Å². The van der Waals surface area contributed by atoms with Crippen LogP contribution in [-0.4, -0.2) is 89.3 Å². The molecular weight excluding hydrogens is 332 g/mol. The highest BCUT2D eigenvalue weighted by molar-refractivity contribution is 6.08. The van der Waals surface area contributed by atoms with Crippen LogP contribution in [0.25, 0.3) is 0 Å². The molecule has 0 radical (unpaired) electrons. The van der Waals surface area contributed by atoms with Crippen LogP contribution in [0.3, 0.4) is 0 Å². The minimum absolute atomic E-state index is 0.0981. The number of carbonyl (C=O) groups is 3. The van der Waals surface area contributed by atoms with Crippen molar-refractivity contribution < 1.29 is 14.4 Å². The zero-order chi connectivity index (χ0) is 18.3. The first-order valence-corrected chi connectivity index (χ1v) is 10.1. The summed E-state index contributed by atoms with van der Waals surface area (Å²) in [5.41, 5.74) is -0.696. The van der Waals surface area contributed by atoms with Crippen LogP contribution in [0.4, 0.5) is 4.79 Å². The number of amides is 4. The van der Waals surface area contributed by atoms with Gasteiger partial charge in [0.2, 0.25) is 5.91 Å². The Morgan fingerprint density at radius 2 is 1.69 bits per heavy atom. The zero-order valence-corrected chi connectivity index (χ0v) is 15.8. The lowest BCUT2D eigenvalue weighted by molar-refractivity contribution is -0.141. The minimum Gasteiger partial charge on any atom is -0.339 e. The quantitative estimate of drug-likeness (QED) is 0.704. The first-order valence-electron chi connectivity index (χ1n) is 10.1. The molecule has 7 nitrogen and oxygen atoms in total. The van der Waals surface area contributed by atoms with Crippen molar-refractivity contribution >= 4 is 17.8 Å². The summed E-state index contributed by atoms with van der Waals surface area (Å²) in [6.07, 6.45) is 7.17. The van der Waals surface area contributed by atoms with E-state index in [9.17, 15) is 14.4 Å². The molecule has 1 spiro atoms. The van der Waals surface area contributed by atoms with Crippen LogP contribution in [0.2, 0.25) is 0 Å². The third kappa shape index (κ3) is 3.10. The molecule has 2 aliphatic carbocycles. The van der Waals surface area contributed by atoms with Gasteiger partial charge in [-0.25, -0.2) is 4.79 Å². The number of nitrogens with zero attached hydrogens (tertiary/aromatic N) is 4. The number of urea groups is 1. The van der Waals surface area contributed by atoms with Gasteiger partial charge in [0.05, 0.1) is 0 Å². The maximum atomic E-state index is 13.0. The molecule has 4 aliphatic rings. The smallest absolute Gasteiger partial charge is 0.327 e. The second-order valence-electron chi connectivity index (χ2n) is 8.45. The van der Waals surface area contributed by atoms with Crippen molar-refractivity contribution in [2.24, 2.45) is 5.92 Å². The normalized spacial score (nSPS) is 26.9. The van der Waals surface area contributed by atoms with Crippen LogP contribution in [-0.2, 0) is 9.59 Å². The highest BCUT2D eigenvalue weighted by Gasteiger charge is 2.56. The van der Waals surface area contributed by atoms with Crippen LogP contribution < -0.4 is 0 Å². The van der Waals surface area contributed by atoms with Gasteiger partial charge in [-0.15, -0.1) is 0 Å². The Labute approximate surface area is 155 Å². The van der Waals surface area contributed by atoms with E-state index in [2.05, 4.69) is 4.90 Å². The third-order valence-corrected chi connectivity index (χ3v) is 6.72. The Kier molecular flexibility index (Phi) is 4.67. The van der Waals surface area contributed by atoms with Crippen LogP contribution in [0.5, 0.6) is 0 Å². The molecule has 2 saturated carbocycles. The van der Waals surface area contributed by atoms with Crippen LogP contribution in [0.1, 0.15) is 44.9 Å². The fourth-order valence-corrected chi connectivity index (χ4v) is 4.75. The zero-order valence-electron chi connectivity index (χ0n) is 15.8. The molecule has 0 unspecified atom stereocenters. The summed E-state index contributed by atoms with van der Waals surface area (Å²) < 4.78 is 0. The predicted octanol–water partition coefficient (Wildman–Crippen LogP) is 1.14. The van der Waals surface area contributed by atoms with Gasteiger partial charge in [0.1, 0.15) is 12.1 Å². The van der Waals surface area contributed by atoms with E-state index in [4.69, 9.17) is 0 Å². The van der Waals surface area contributed by atoms with Gasteiger partial charge in [-0.3, -0.25) is 19.4 Å². The molecule has 144 valence electrons. The first kappa shape index (κ1) is 17.8. The topological polar surface area (TPSA) is 64.2 Å². The molecule has 2 saturated heterocycles. The molecule has 4 fully saturated rings. The molecule has 0 atom stereocenters.